The van der Waals surface area contributed by atoms with Gasteiger partial charge in [-0.05, 0) is 44.4 Å². The van der Waals surface area contributed by atoms with E-state index in [0.717, 1.165) is 64.7 Å². The molecule has 2 aromatic rings. The van der Waals surface area contributed by atoms with Crippen LogP contribution in [0.15, 0.2) is 30.6 Å². The average Bonchev–Trinajstić information content (AvgIpc) is 3.29. The molecule has 2 aromatic heterocycles. The average molecular weight is 491 g/mol. The monoisotopic (exact) mass is 490 g/mol. The van der Waals surface area contributed by atoms with Crippen LogP contribution < -0.4 is 4.90 Å². The predicted octanol–water partition coefficient (Wildman–Crippen LogP) is 3.69. The normalized spacial score (nSPS) is 22.3. The molecule has 0 radical (unpaired) electrons. The Kier molecular flexibility index (Phi) is 6.29. The lowest BCUT2D eigenvalue weighted by atomic mass is 9.78. The van der Waals surface area contributed by atoms with Gasteiger partial charge in [0, 0.05) is 68.7 Å². The van der Waals surface area contributed by atoms with Gasteiger partial charge in [-0.3, -0.25) is 4.90 Å². The lowest BCUT2D eigenvalue weighted by Crippen LogP contribution is -2.58. The first-order valence-electron chi connectivity index (χ1n) is 12.0. The molecule has 11 heteroatoms. The Morgan fingerprint density at radius 2 is 1.91 bits per heavy atom. The van der Waals surface area contributed by atoms with Crippen LogP contribution in [0.4, 0.5) is 23.8 Å². The number of piperazine rings is 1. The first kappa shape index (κ1) is 23.8. The summed E-state index contributed by atoms with van der Waals surface area (Å²) in [5.41, 5.74) is 1.00. The quantitative estimate of drug-likeness (QED) is 0.647. The van der Waals surface area contributed by atoms with Gasteiger partial charge in [-0.15, -0.1) is 0 Å². The number of halogens is 3. The van der Waals surface area contributed by atoms with E-state index in [-0.39, 0.29) is 17.2 Å². The highest BCUT2D eigenvalue weighted by Crippen LogP contribution is 2.47. The summed E-state index contributed by atoms with van der Waals surface area (Å²) in [6, 6.07) is 5.44. The summed E-state index contributed by atoms with van der Waals surface area (Å²) in [5.74, 6) is -0.506. The van der Waals surface area contributed by atoms with E-state index in [1.54, 1.807) is 23.2 Å². The fourth-order valence-corrected chi connectivity index (χ4v) is 5.68. The number of carbonyl (C=O) groups excluding carboxylic acids is 1. The number of alkyl halides is 3. The van der Waals surface area contributed by atoms with Crippen LogP contribution >= 0.6 is 0 Å². The van der Waals surface area contributed by atoms with Crippen LogP contribution in [0.5, 0.6) is 0 Å². The van der Waals surface area contributed by atoms with Crippen LogP contribution in [0.25, 0.3) is 11.3 Å². The van der Waals surface area contributed by atoms with Crippen molar-refractivity contribution in [1.29, 1.82) is 0 Å². The van der Waals surface area contributed by atoms with Crippen molar-refractivity contribution in [2.45, 2.75) is 38.4 Å². The predicted molar refractivity (Wildman–Crippen MR) is 123 cm³/mol. The number of hydrogen-bond acceptors (Lipinski definition) is 7. The SMILES string of the molecule is CCOC(=O)N1CC2(CC[C@@H](N3CCN(c4ncccc4-c4ccnc(C(F)(F)F)n4)CC3)C2)C1. The van der Waals surface area contributed by atoms with E-state index < -0.39 is 12.0 Å². The number of rotatable bonds is 4. The van der Waals surface area contributed by atoms with Crippen molar-refractivity contribution in [3.63, 3.8) is 0 Å². The molecule has 4 heterocycles. The molecular formula is C24H29F3N6O2. The maximum atomic E-state index is 13.1. The second kappa shape index (κ2) is 9.25. The fourth-order valence-electron chi connectivity index (χ4n) is 5.68. The van der Waals surface area contributed by atoms with Gasteiger partial charge in [0.25, 0.3) is 0 Å². The van der Waals surface area contributed by atoms with Crippen molar-refractivity contribution in [3.8, 4) is 11.3 Å². The van der Waals surface area contributed by atoms with E-state index >= 15 is 0 Å². The standard InChI is InChI=1S/C24H29F3N6O2/c1-2-35-22(34)33-15-23(16-33)7-5-17(14-23)31-10-12-32(13-11-31)20-18(4-3-8-28-20)19-6-9-29-21(30-19)24(25,26)27/h3-4,6,8-9,17H,2,5,7,10-16H2,1H3/t17-/m1/s1. The maximum Gasteiger partial charge on any atom is 0.451 e. The smallest absolute Gasteiger partial charge is 0.450 e. The second-order valence-corrected chi connectivity index (χ2v) is 9.61. The molecule has 0 aromatic carbocycles. The summed E-state index contributed by atoms with van der Waals surface area (Å²) in [7, 11) is 0. The zero-order valence-corrected chi connectivity index (χ0v) is 19.7. The first-order valence-corrected chi connectivity index (χ1v) is 12.0. The van der Waals surface area contributed by atoms with Gasteiger partial charge in [0.05, 0.1) is 12.3 Å². The zero-order chi connectivity index (χ0) is 24.6. The van der Waals surface area contributed by atoms with Crippen molar-refractivity contribution in [1.82, 2.24) is 24.8 Å². The first-order chi connectivity index (χ1) is 16.8. The number of nitrogens with zero attached hydrogens (tertiary/aromatic N) is 6. The third-order valence-electron chi connectivity index (χ3n) is 7.36. The number of likely N-dealkylation sites (tertiary alicyclic amines) is 1. The third kappa shape index (κ3) is 4.78. The van der Waals surface area contributed by atoms with Gasteiger partial charge >= 0.3 is 12.3 Å². The molecular weight excluding hydrogens is 461 g/mol. The van der Waals surface area contributed by atoms with Crippen molar-refractivity contribution in [2.75, 3.05) is 50.8 Å². The van der Waals surface area contributed by atoms with Crippen molar-refractivity contribution >= 4 is 11.9 Å². The summed E-state index contributed by atoms with van der Waals surface area (Å²) in [4.78, 5) is 30.0. The topological polar surface area (TPSA) is 74.7 Å². The molecule has 35 heavy (non-hydrogen) atoms. The molecule has 0 unspecified atom stereocenters. The highest BCUT2D eigenvalue weighted by Gasteiger charge is 2.51. The van der Waals surface area contributed by atoms with E-state index in [1.807, 2.05) is 6.92 Å². The lowest BCUT2D eigenvalue weighted by molar-refractivity contribution is -0.144. The number of ether oxygens (including phenoxy) is 1. The maximum absolute atomic E-state index is 13.1. The largest absolute Gasteiger partial charge is 0.451 e. The van der Waals surface area contributed by atoms with Crippen LogP contribution in [-0.2, 0) is 10.9 Å². The summed E-state index contributed by atoms with van der Waals surface area (Å²) in [6.45, 7) is 6.95. The molecule has 3 aliphatic rings. The second-order valence-electron chi connectivity index (χ2n) is 9.61. The molecule has 1 saturated carbocycles. The molecule has 5 rings (SSSR count). The van der Waals surface area contributed by atoms with Gasteiger partial charge in [0.1, 0.15) is 5.82 Å². The highest BCUT2D eigenvalue weighted by atomic mass is 19.4. The molecule has 1 atom stereocenters. The molecule has 1 aliphatic carbocycles. The van der Waals surface area contributed by atoms with Crippen molar-refractivity contribution < 1.29 is 22.7 Å². The number of anilines is 1. The van der Waals surface area contributed by atoms with Crippen LogP contribution in [0.3, 0.4) is 0 Å². The Labute approximate surface area is 202 Å². The Bertz CT molecular complexity index is 1070. The van der Waals surface area contributed by atoms with Crippen LogP contribution in [0.1, 0.15) is 32.0 Å². The molecule has 0 N–H and O–H groups in total. The van der Waals surface area contributed by atoms with Crippen LogP contribution in [0, 0.1) is 5.41 Å². The number of carbonyl (C=O) groups is 1. The van der Waals surface area contributed by atoms with E-state index in [9.17, 15) is 18.0 Å². The summed E-state index contributed by atoms with van der Waals surface area (Å²) >= 11 is 0. The van der Waals surface area contributed by atoms with Gasteiger partial charge in [0.15, 0.2) is 0 Å². The zero-order valence-electron chi connectivity index (χ0n) is 19.7. The molecule has 0 bridgehead atoms. The van der Waals surface area contributed by atoms with Crippen LogP contribution in [0.2, 0.25) is 0 Å². The van der Waals surface area contributed by atoms with E-state index in [4.69, 9.17) is 4.74 Å². The van der Waals surface area contributed by atoms with E-state index in [1.165, 1.54) is 6.07 Å². The summed E-state index contributed by atoms with van der Waals surface area (Å²) < 4.78 is 44.5. The van der Waals surface area contributed by atoms with Gasteiger partial charge in [0.2, 0.25) is 5.82 Å². The molecule has 2 aliphatic heterocycles. The molecule has 3 fully saturated rings. The third-order valence-corrected chi connectivity index (χ3v) is 7.36. The van der Waals surface area contributed by atoms with E-state index in [2.05, 4.69) is 24.8 Å². The van der Waals surface area contributed by atoms with Gasteiger partial charge in [-0.25, -0.2) is 19.7 Å². The Morgan fingerprint density at radius 1 is 1.14 bits per heavy atom. The van der Waals surface area contributed by atoms with E-state index in [0.29, 0.717) is 24.0 Å². The number of hydrogen-bond donors (Lipinski definition) is 0. The van der Waals surface area contributed by atoms with Gasteiger partial charge < -0.3 is 14.5 Å². The van der Waals surface area contributed by atoms with Crippen molar-refractivity contribution in [2.24, 2.45) is 5.41 Å². The summed E-state index contributed by atoms with van der Waals surface area (Å²) in [5, 5.41) is 0. The van der Waals surface area contributed by atoms with Crippen LogP contribution in [-0.4, -0.2) is 82.8 Å². The molecule has 8 nitrogen and oxygen atoms in total. The number of aromatic nitrogens is 3. The lowest BCUT2D eigenvalue weighted by Gasteiger charge is -2.48. The fraction of sp³-hybridized carbons (Fsp3) is 0.583. The molecule has 1 spiro atoms. The number of pyridine rings is 1. The number of amides is 1. The van der Waals surface area contributed by atoms with Crippen molar-refractivity contribution in [3.05, 3.63) is 36.4 Å². The molecule has 1 amide bonds. The summed E-state index contributed by atoms with van der Waals surface area (Å²) in [6.07, 6.45) is 1.30. The van der Waals surface area contributed by atoms with Gasteiger partial charge in [-0.1, -0.05) is 0 Å². The van der Waals surface area contributed by atoms with Gasteiger partial charge in [-0.2, -0.15) is 13.2 Å². The Balaban J connectivity index is 1.21. The Morgan fingerprint density at radius 3 is 2.63 bits per heavy atom. The molecule has 188 valence electrons. The molecule has 2 saturated heterocycles. The minimum absolute atomic E-state index is 0.214. The minimum Gasteiger partial charge on any atom is -0.450 e. The minimum atomic E-state index is -4.60. The highest BCUT2D eigenvalue weighted by molar-refractivity contribution is 5.73. The Hall–Kier alpha value is -2.95.